The van der Waals surface area contributed by atoms with Gasteiger partial charge in [-0.1, -0.05) is 53.8 Å². The van der Waals surface area contributed by atoms with Gasteiger partial charge in [0.1, 0.15) is 0 Å². The van der Waals surface area contributed by atoms with Crippen molar-refractivity contribution in [1.82, 2.24) is 0 Å². The lowest BCUT2D eigenvalue weighted by molar-refractivity contribution is -0.384. The zero-order valence-electron chi connectivity index (χ0n) is 13.6. The fourth-order valence-electron chi connectivity index (χ4n) is 2.61. The molecule has 0 spiro atoms. The molecule has 0 unspecified atom stereocenters. The van der Waals surface area contributed by atoms with Crippen molar-refractivity contribution in [2.75, 3.05) is 4.90 Å². The summed E-state index contributed by atoms with van der Waals surface area (Å²) in [6, 6.07) is 12.0. The van der Waals surface area contributed by atoms with Gasteiger partial charge < -0.3 is 0 Å². The summed E-state index contributed by atoms with van der Waals surface area (Å²) in [5.41, 5.74) is 3.41. The largest absolute Gasteiger partial charge is 0.270 e. The number of benzene rings is 2. The van der Waals surface area contributed by atoms with Crippen molar-refractivity contribution in [3.63, 3.8) is 0 Å². The molecule has 1 aliphatic rings. The van der Waals surface area contributed by atoms with Gasteiger partial charge in [0.25, 0.3) is 11.6 Å². The van der Waals surface area contributed by atoms with Crippen molar-refractivity contribution < 1.29 is 9.72 Å². The van der Waals surface area contributed by atoms with Crippen LogP contribution in [0.15, 0.2) is 47.4 Å². The van der Waals surface area contributed by atoms with Crippen LogP contribution in [-0.4, -0.2) is 15.2 Å². The Morgan fingerprint density at radius 3 is 2.64 bits per heavy atom. The van der Waals surface area contributed by atoms with E-state index in [1.54, 1.807) is 18.2 Å². The Hall–Kier alpha value is -2.51. The minimum Gasteiger partial charge on any atom is -0.268 e. The molecule has 1 amide bonds. The number of nitro groups is 1. The van der Waals surface area contributed by atoms with E-state index in [9.17, 15) is 14.9 Å². The summed E-state index contributed by atoms with van der Waals surface area (Å²) >= 11 is 6.57. The minimum atomic E-state index is -0.460. The number of aryl methyl sites for hydroxylation is 2. The Morgan fingerprint density at radius 1 is 1.20 bits per heavy atom. The van der Waals surface area contributed by atoms with Crippen LogP contribution in [0, 0.1) is 24.0 Å². The lowest BCUT2D eigenvalue weighted by Crippen LogP contribution is -2.28. The number of carbonyl (C=O) groups excluding carboxylic acids is 1. The second-order valence-corrected chi connectivity index (χ2v) is 7.33. The molecule has 2 aromatic rings. The first-order valence-corrected chi connectivity index (χ1v) is 8.69. The molecule has 0 radical (unpaired) electrons. The van der Waals surface area contributed by atoms with Crippen molar-refractivity contribution in [2.24, 2.45) is 0 Å². The number of nitro benzene ring substituents is 1. The van der Waals surface area contributed by atoms with E-state index in [-0.39, 0.29) is 11.6 Å². The van der Waals surface area contributed by atoms with E-state index >= 15 is 0 Å². The average Bonchev–Trinajstić information content (AvgIpc) is 2.82. The molecule has 0 saturated carbocycles. The van der Waals surface area contributed by atoms with Crippen molar-refractivity contribution in [2.45, 2.75) is 13.8 Å². The number of thioether (sulfide) groups is 1. The van der Waals surface area contributed by atoms with Crippen LogP contribution in [0.4, 0.5) is 11.4 Å². The Morgan fingerprint density at radius 2 is 1.96 bits per heavy atom. The molecule has 1 aliphatic heterocycles. The SMILES string of the molecule is Cc1ccc(N2C(=O)C(=Cc3cccc([N+](=O)[O-])c3)SC2=S)c(C)c1. The quantitative estimate of drug-likeness (QED) is 0.341. The first-order chi connectivity index (χ1) is 11.9. The second-order valence-electron chi connectivity index (χ2n) is 5.66. The van der Waals surface area contributed by atoms with Crippen molar-refractivity contribution in [3.8, 4) is 0 Å². The Kier molecular flexibility index (Phi) is 4.69. The molecule has 126 valence electrons. The number of hydrogen-bond acceptors (Lipinski definition) is 5. The zero-order chi connectivity index (χ0) is 18.1. The van der Waals surface area contributed by atoms with E-state index in [0.717, 1.165) is 16.8 Å². The zero-order valence-corrected chi connectivity index (χ0v) is 15.2. The highest BCUT2D eigenvalue weighted by atomic mass is 32.2. The molecular weight excluding hydrogens is 356 g/mol. The van der Waals surface area contributed by atoms with Crippen LogP contribution in [-0.2, 0) is 4.79 Å². The molecule has 0 N–H and O–H groups in total. The third-order valence-electron chi connectivity index (χ3n) is 3.77. The predicted molar refractivity (Wildman–Crippen MR) is 105 cm³/mol. The summed E-state index contributed by atoms with van der Waals surface area (Å²) < 4.78 is 0.452. The van der Waals surface area contributed by atoms with Crippen molar-refractivity contribution in [3.05, 3.63) is 74.2 Å². The van der Waals surface area contributed by atoms with Crippen LogP contribution in [0.5, 0.6) is 0 Å². The van der Waals surface area contributed by atoms with E-state index < -0.39 is 4.92 Å². The van der Waals surface area contributed by atoms with Crippen molar-refractivity contribution in [1.29, 1.82) is 0 Å². The van der Waals surface area contributed by atoms with Gasteiger partial charge in [0.2, 0.25) is 0 Å². The minimum absolute atomic E-state index is 0.0152. The number of hydrogen-bond donors (Lipinski definition) is 0. The monoisotopic (exact) mass is 370 g/mol. The van der Waals surface area contributed by atoms with E-state index in [1.807, 2.05) is 32.0 Å². The van der Waals surface area contributed by atoms with Crippen LogP contribution in [0.2, 0.25) is 0 Å². The number of anilines is 1. The highest BCUT2D eigenvalue weighted by Gasteiger charge is 2.34. The topological polar surface area (TPSA) is 63.5 Å². The molecule has 25 heavy (non-hydrogen) atoms. The average molecular weight is 370 g/mol. The third kappa shape index (κ3) is 3.47. The number of non-ortho nitro benzene ring substituents is 1. The molecule has 0 atom stereocenters. The van der Waals surface area contributed by atoms with E-state index in [1.165, 1.54) is 28.8 Å². The Balaban J connectivity index is 1.96. The fraction of sp³-hybridized carbons (Fsp3) is 0.111. The van der Waals surface area contributed by atoms with Crippen LogP contribution >= 0.6 is 24.0 Å². The molecule has 0 aromatic heterocycles. The van der Waals surface area contributed by atoms with Gasteiger partial charge in [-0.05, 0) is 37.1 Å². The molecule has 7 heteroatoms. The van der Waals surface area contributed by atoms with Gasteiger partial charge in [0.15, 0.2) is 4.32 Å². The second kappa shape index (κ2) is 6.78. The van der Waals surface area contributed by atoms with Gasteiger partial charge in [-0.25, -0.2) is 0 Å². The standard InChI is InChI=1S/C18H14N2O3S2/c1-11-6-7-15(12(2)8-11)19-17(21)16(25-18(19)24)10-13-4-3-5-14(9-13)20(22)23/h3-10H,1-2H3. The highest BCUT2D eigenvalue weighted by Crippen LogP contribution is 2.37. The van der Waals surface area contributed by atoms with E-state index in [0.29, 0.717) is 14.8 Å². The summed E-state index contributed by atoms with van der Waals surface area (Å²) in [6.07, 6.45) is 1.63. The first-order valence-electron chi connectivity index (χ1n) is 7.46. The molecule has 0 aliphatic carbocycles. The molecule has 5 nitrogen and oxygen atoms in total. The van der Waals surface area contributed by atoms with Crippen LogP contribution in [0.25, 0.3) is 6.08 Å². The molecule has 1 heterocycles. The van der Waals surface area contributed by atoms with Gasteiger partial charge in [0, 0.05) is 12.1 Å². The lowest BCUT2D eigenvalue weighted by Gasteiger charge is -2.17. The number of nitrogens with zero attached hydrogens (tertiary/aromatic N) is 2. The lowest BCUT2D eigenvalue weighted by atomic mass is 10.1. The summed E-state index contributed by atoms with van der Waals surface area (Å²) in [6.45, 7) is 3.93. The van der Waals surface area contributed by atoms with Crippen LogP contribution < -0.4 is 4.90 Å². The Bertz CT molecular complexity index is 938. The van der Waals surface area contributed by atoms with Gasteiger partial charge in [0.05, 0.1) is 15.5 Å². The molecule has 2 aromatic carbocycles. The number of amides is 1. The maximum Gasteiger partial charge on any atom is 0.270 e. The van der Waals surface area contributed by atoms with Crippen LogP contribution in [0.1, 0.15) is 16.7 Å². The number of rotatable bonds is 3. The van der Waals surface area contributed by atoms with Gasteiger partial charge in [-0.2, -0.15) is 0 Å². The Labute approximate surface area is 154 Å². The molecule has 1 fully saturated rings. The van der Waals surface area contributed by atoms with E-state index in [2.05, 4.69) is 0 Å². The van der Waals surface area contributed by atoms with Gasteiger partial charge in [-0.3, -0.25) is 19.8 Å². The first kappa shape index (κ1) is 17.3. The number of thiocarbonyl (C=S) groups is 1. The summed E-state index contributed by atoms with van der Waals surface area (Å²) in [5.74, 6) is -0.214. The van der Waals surface area contributed by atoms with Gasteiger partial charge >= 0.3 is 0 Å². The summed E-state index contributed by atoms with van der Waals surface area (Å²) in [4.78, 5) is 25.2. The molecular formula is C18H14N2O3S2. The molecule has 1 saturated heterocycles. The smallest absolute Gasteiger partial charge is 0.268 e. The summed E-state index contributed by atoms with van der Waals surface area (Å²) in [5, 5.41) is 10.9. The molecule has 0 bridgehead atoms. The van der Waals surface area contributed by atoms with Crippen LogP contribution in [0.3, 0.4) is 0 Å². The molecule has 3 rings (SSSR count). The van der Waals surface area contributed by atoms with E-state index in [4.69, 9.17) is 12.2 Å². The maximum absolute atomic E-state index is 12.8. The summed E-state index contributed by atoms with van der Waals surface area (Å²) in [7, 11) is 0. The number of carbonyl (C=O) groups is 1. The highest BCUT2D eigenvalue weighted by molar-refractivity contribution is 8.27. The van der Waals surface area contributed by atoms with Crippen molar-refractivity contribution >= 4 is 51.7 Å². The third-order valence-corrected chi connectivity index (χ3v) is 5.07. The fourth-order valence-corrected chi connectivity index (χ4v) is 3.90. The normalized spacial score (nSPS) is 15.9. The maximum atomic E-state index is 12.8. The predicted octanol–water partition coefficient (Wildman–Crippen LogP) is 4.62. The van der Waals surface area contributed by atoms with Gasteiger partial charge in [-0.15, -0.1) is 0 Å².